The number of hydrogen-bond donors (Lipinski definition) is 2. The molecule has 1 fully saturated rings. The lowest BCUT2D eigenvalue weighted by atomic mass is 10.1. The van der Waals surface area contributed by atoms with Crippen molar-refractivity contribution in [1.82, 2.24) is 10.2 Å². The molecule has 21 heavy (non-hydrogen) atoms. The lowest BCUT2D eigenvalue weighted by molar-refractivity contribution is -0.123. The number of benzene rings is 1. The molecule has 1 aromatic rings. The van der Waals surface area contributed by atoms with Crippen LogP contribution < -0.4 is 5.32 Å². The molecule has 1 amide bonds. The Hall–Kier alpha value is -1.39. The summed E-state index contributed by atoms with van der Waals surface area (Å²) in [4.78, 5) is 14.4. The van der Waals surface area contributed by atoms with E-state index in [-0.39, 0.29) is 18.1 Å². The van der Waals surface area contributed by atoms with Gasteiger partial charge < -0.3 is 10.4 Å². The molecule has 116 valence electrons. The quantitative estimate of drug-likeness (QED) is 0.843. The Morgan fingerprint density at radius 3 is 2.76 bits per heavy atom. The van der Waals surface area contributed by atoms with E-state index in [0.29, 0.717) is 12.6 Å². The first-order chi connectivity index (χ1) is 10.1. The minimum Gasteiger partial charge on any atom is -0.393 e. The van der Waals surface area contributed by atoms with Gasteiger partial charge in [-0.3, -0.25) is 9.69 Å². The maximum absolute atomic E-state index is 12.2. The third-order valence-electron chi connectivity index (χ3n) is 4.14. The normalized spacial score (nSPS) is 22.0. The fourth-order valence-electron chi connectivity index (χ4n) is 3.06. The van der Waals surface area contributed by atoms with Gasteiger partial charge in [-0.25, -0.2) is 0 Å². The van der Waals surface area contributed by atoms with Gasteiger partial charge in [0.25, 0.3) is 0 Å². The highest BCUT2D eigenvalue weighted by Crippen LogP contribution is 2.21. The summed E-state index contributed by atoms with van der Waals surface area (Å²) in [6, 6.07) is 10.4. The van der Waals surface area contributed by atoms with Gasteiger partial charge in [0, 0.05) is 6.04 Å². The summed E-state index contributed by atoms with van der Waals surface area (Å²) in [6.07, 6.45) is 2.63. The van der Waals surface area contributed by atoms with Crippen molar-refractivity contribution in [1.29, 1.82) is 0 Å². The Kier molecular flexibility index (Phi) is 5.76. The largest absolute Gasteiger partial charge is 0.393 e. The number of hydrogen-bond acceptors (Lipinski definition) is 3. The molecule has 2 N–H and O–H groups in total. The van der Waals surface area contributed by atoms with Crippen LogP contribution in [0.25, 0.3) is 0 Å². The molecule has 0 aliphatic carbocycles. The third-order valence-corrected chi connectivity index (χ3v) is 4.14. The second-order valence-electron chi connectivity index (χ2n) is 6.05. The number of amides is 1. The maximum atomic E-state index is 12.2. The number of aliphatic hydroxyl groups excluding tert-OH is 1. The first kappa shape index (κ1) is 16.0. The van der Waals surface area contributed by atoms with Crippen molar-refractivity contribution in [2.24, 2.45) is 0 Å². The standard InChI is InChI=1S/C17H26N2O2/c1-13(20)11-16-9-6-10-19(16)12-17(21)18-14(2)15-7-4-3-5-8-15/h3-5,7-8,13-14,16,20H,6,9-12H2,1-2H3,(H,18,21). The van der Waals surface area contributed by atoms with E-state index in [1.54, 1.807) is 0 Å². The summed E-state index contributed by atoms with van der Waals surface area (Å²) in [5, 5.41) is 12.6. The molecule has 2 rings (SSSR count). The Morgan fingerprint density at radius 1 is 1.38 bits per heavy atom. The van der Waals surface area contributed by atoms with E-state index in [1.165, 1.54) is 0 Å². The van der Waals surface area contributed by atoms with E-state index >= 15 is 0 Å². The summed E-state index contributed by atoms with van der Waals surface area (Å²) in [6.45, 7) is 5.19. The lowest BCUT2D eigenvalue weighted by Gasteiger charge is -2.25. The van der Waals surface area contributed by atoms with Crippen molar-refractivity contribution < 1.29 is 9.90 Å². The summed E-state index contributed by atoms with van der Waals surface area (Å²) in [7, 11) is 0. The van der Waals surface area contributed by atoms with E-state index in [0.717, 1.165) is 31.4 Å². The van der Waals surface area contributed by atoms with Gasteiger partial charge in [-0.1, -0.05) is 30.3 Å². The van der Waals surface area contributed by atoms with E-state index in [9.17, 15) is 9.90 Å². The Morgan fingerprint density at radius 2 is 2.10 bits per heavy atom. The van der Waals surface area contributed by atoms with Gasteiger partial charge in [0.15, 0.2) is 0 Å². The van der Waals surface area contributed by atoms with Crippen molar-refractivity contribution in [2.75, 3.05) is 13.1 Å². The summed E-state index contributed by atoms with van der Waals surface area (Å²) in [5.41, 5.74) is 1.12. The summed E-state index contributed by atoms with van der Waals surface area (Å²) in [5.74, 6) is 0.0591. The maximum Gasteiger partial charge on any atom is 0.234 e. The molecule has 1 aromatic carbocycles. The second-order valence-corrected chi connectivity index (χ2v) is 6.05. The number of carbonyl (C=O) groups excluding carboxylic acids is 1. The Labute approximate surface area is 127 Å². The molecule has 1 saturated heterocycles. The van der Waals surface area contributed by atoms with Crippen LogP contribution >= 0.6 is 0 Å². The first-order valence-electron chi connectivity index (χ1n) is 7.82. The lowest BCUT2D eigenvalue weighted by Crippen LogP contribution is -2.41. The van der Waals surface area contributed by atoms with Gasteiger partial charge in [-0.15, -0.1) is 0 Å². The number of nitrogens with one attached hydrogen (secondary N) is 1. The van der Waals surface area contributed by atoms with Crippen molar-refractivity contribution in [3.05, 3.63) is 35.9 Å². The third kappa shape index (κ3) is 4.83. The smallest absolute Gasteiger partial charge is 0.234 e. The molecule has 0 spiro atoms. The molecule has 4 heteroatoms. The predicted octanol–water partition coefficient (Wildman–Crippen LogP) is 2.10. The van der Waals surface area contributed by atoms with Gasteiger partial charge in [0.05, 0.1) is 18.7 Å². The minimum absolute atomic E-state index is 0.0246. The molecule has 3 unspecified atom stereocenters. The fraction of sp³-hybridized carbons (Fsp3) is 0.588. The number of aliphatic hydroxyl groups is 1. The molecule has 4 nitrogen and oxygen atoms in total. The zero-order valence-corrected chi connectivity index (χ0v) is 13.0. The topological polar surface area (TPSA) is 52.6 Å². The van der Waals surface area contributed by atoms with Crippen LogP contribution in [0, 0.1) is 0 Å². The van der Waals surface area contributed by atoms with Gasteiger partial charge >= 0.3 is 0 Å². The van der Waals surface area contributed by atoms with E-state index < -0.39 is 0 Å². The van der Waals surface area contributed by atoms with E-state index in [4.69, 9.17) is 0 Å². The molecule has 1 aliphatic heterocycles. The highest BCUT2D eigenvalue weighted by atomic mass is 16.3. The van der Waals surface area contributed by atoms with Crippen molar-refractivity contribution in [3.63, 3.8) is 0 Å². The van der Waals surface area contributed by atoms with Crippen molar-refractivity contribution >= 4 is 5.91 Å². The minimum atomic E-state index is -0.304. The Bertz CT molecular complexity index is 447. The molecule has 0 radical (unpaired) electrons. The van der Waals surface area contributed by atoms with E-state index in [1.807, 2.05) is 44.2 Å². The van der Waals surface area contributed by atoms with E-state index in [2.05, 4.69) is 10.2 Å². The second kappa shape index (κ2) is 7.57. The average Bonchev–Trinajstić information content (AvgIpc) is 2.86. The fourth-order valence-corrected chi connectivity index (χ4v) is 3.06. The molecule has 0 saturated carbocycles. The van der Waals surface area contributed by atoms with Gasteiger partial charge in [0.2, 0.25) is 5.91 Å². The average molecular weight is 290 g/mol. The SMILES string of the molecule is CC(O)CC1CCCN1CC(=O)NC(C)c1ccccc1. The van der Waals surface area contributed by atoms with Crippen molar-refractivity contribution in [3.8, 4) is 0 Å². The van der Waals surface area contributed by atoms with Crippen LogP contribution in [0.1, 0.15) is 44.7 Å². The number of likely N-dealkylation sites (tertiary alicyclic amines) is 1. The van der Waals surface area contributed by atoms with Crippen LogP contribution in [0.2, 0.25) is 0 Å². The Balaban J connectivity index is 1.84. The number of rotatable bonds is 6. The van der Waals surface area contributed by atoms with Crippen molar-refractivity contribution in [2.45, 2.75) is 51.3 Å². The summed E-state index contributed by atoms with van der Waals surface area (Å²) < 4.78 is 0. The molecular formula is C17H26N2O2. The highest BCUT2D eigenvalue weighted by Gasteiger charge is 2.27. The monoisotopic (exact) mass is 290 g/mol. The van der Waals surface area contributed by atoms with Crippen LogP contribution in [0.3, 0.4) is 0 Å². The van der Waals surface area contributed by atoms with Gasteiger partial charge in [-0.2, -0.15) is 0 Å². The van der Waals surface area contributed by atoms with Crippen LogP contribution in [-0.2, 0) is 4.79 Å². The number of carbonyl (C=O) groups is 1. The molecule has 0 aromatic heterocycles. The van der Waals surface area contributed by atoms with Crippen LogP contribution in [0.4, 0.5) is 0 Å². The van der Waals surface area contributed by atoms with Crippen LogP contribution in [0.5, 0.6) is 0 Å². The predicted molar refractivity (Wildman–Crippen MR) is 83.9 cm³/mol. The molecule has 1 heterocycles. The zero-order chi connectivity index (χ0) is 15.2. The summed E-state index contributed by atoms with van der Waals surface area (Å²) >= 11 is 0. The molecular weight excluding hydrogens is 264 g/mol. The van der Waals surface area contributed by atoms with Gasteiger partial charge in [-0.05, 0) is 45.2 Å². The first-order valence-corrected chi connectivity index (χ1v) is 7.82. The molecule has 3 atom stereocenters. The number of nitrogens with zero attached hydrogens (tertiary/aromatic N) is 1. The molecule has 1 aliphatic rings. The van der Waals surface area contributed by atoms with Gasteiger partial charge in [0.1, 0.15) is 0 Å². The molecule has 0 bridgehead atoms. The van der Waals surface area contributed by atoms with Crippen LogP contribution in [0.15, 0.2) is 30.3 Å². The van der Waals surface area contributed by atoms with Crippen LogP contribution in [-0.4, -0.2) is 41.1 Å². The zero-order valence-electron chi connectivity index (χ0n) is 13.0. The highest BCUT2D eigenvalue weighted by molar-refractivity contribution is 5.78.